The van der Waals surface area contributed by atoms with Gasteiger partial charge in [0.15, 0.2) is 0 Å². The fraction of sp³-hybridized carbons (Fsp3) is 0.385. The molecule has 0 unspecified atom stereocenters. The van der Waals surface area contributed by atoms with Crippen molar-refractivity contribution in [1.82, 2.24) is 14.1 Å². The molecule has 0 N–H and O–H groups in total. The Kier molecular flexibility index (Phi) is 2.35. The smallest absolute Gasteiger partial charge is 0.296 e. The first-order valence-corrected chi connectivity index (χ1v) is 5.94. The molecule has 2 aromatic rings. The summed E-state index contributed by atoms with van der Waals surface area (Å²) in [5.41, 5.74) is 1.99. The van der Waals surface area contributed by atoms with Gasteiger partial charge in [0.1, 0.15) is 0 Å². The highest BCUT2D eigenvalue weighted by Gasteiger charge is 2.25. The van der Waals surface area contributed by atoms with E-state index >= 15 is 0 Å². The van der Waals surface area contributed by atoms with Crippen LogP contribution in [0.4, 0.5) is 0 Å². The summed E-state index contributed by atoms with van der Waals surface area (Å²) in [6.45, 7) is 2.52. The Morgan fingerprint density at radius 1 is 1.35 bits per heavy atom. The average Bonchev–Trinajstić information content (AvgIpc) is 3.07. The summed E-state index contributed by atoms with van der Waals surface area (Å²) in [7, 11) is 0. The van der Waals surface area contributed by atoms with Gasteiger partial charge in [0.05, 0.1) is 12.2 Å². The van der Waals surface area contributed by atoms with E-state index in [2.05, 4.69) is 4.98 Å². The van der Waals surface area contributed by atoms with Gasteiger partial charge in [-0.2, -0.15) is 0 Å². The van der Waals surface area contributed by atoms with Crippen molar-refractivity contribution in [1.29, 1.82) is 0 Å². The second kappa shape index (κ2) is 3.87. The lowest BCUT2D eigenvalue weighted by Crippen LogP contribution is -2.24. The zero-order valence-corrected chi connectivity index (χ0v) is 9.84. The Morgan fingerprint density at radius 2 is 2.18 bits per heavy atom. The van der Waals surface area contributed by atoms with Crippen LogP contribution in [0.15, 0.2) is 35.4 Å². The highest BCUT2D eigenvalue weighted by Crippen LogP contribution is 2.33. The number of aryl methyl sites for hydroxylation is 1. The molecule has 0 bridgehead atoms. The van der Waals surface area contributed by atoms with E-state index in [-0.39, 0.29) is 5.69 Å². The van der Waals surface area contributed by atoms with Gasteiger partial charge < -0.3 is 0 Å². The summed E-state index contributed by atoms with van der Waals surface area (Å²) in [6, 6.07) is 6.32. The van der Waals surface area contributed by atoms with Crippen molar-refractivity contribution in [2.24, 2.45) is 0 Å². The van der Waals surface area contributed by atoms with Gasteiger partial charge in [-0.05, 0) is 31.9 Å². The molecule has 0 saturated heterocycles. The predicted octanol–water partition coefficient (Wildman–Crippen LogP) is 1.74. The molecule has 88 valence electrons. The monoisotopic (exact) mass is 229 g/mol. The molecule has 4 nitrogen and oxygen atoms in total. The molecule has 1 aliphatic carbocycles. The fourth-order valence-electron chi connectivity index (χ4n) is 2.04. The molecule has 0 spiro atoms. The zero-order valence-electron chi connectivity index (χ0n) is 9.84. The molecule has 1 saturated carbocycles. The topological polar surface area (TPSA) is 39.8 Å². The van der Waals surface area contributed by atoms with Crippen LogP contribution in [0.25, 0.3) is 0 Å². The maximum absolute atomic E-state index is 12.0. The van der Waals surface area contributed by atoms with Crippen LogP contribution < -0.4 is 5.69 Å². The third-order valence-corrected chi connectivity index (χ3v) is 3.09. The van der Waals surface area contributed by atoms with Gasteiger partial charge >= 0.3 is 5.69 Å². The van der Waals surface area contributed by atoms with Crippen molar-refractivity contribution in [3.8, 4) is 0 Å². The number of pyridine rings is 1. The van der Waals surface area contributed by atoms with Crippen molar-refractivity contribution < 1.29 is 0 Å². The zero-order chi connectivity index (χ0) is 11.8. The SMILES string of the molecule is Cc1cccc(Cn2ccn(C3CC3)c2=O)n1. The number of aromatic nitrogens is 3. The van der Waals surface area contributed by atoms with Gasteiger partial charge in [-0.3, -0.25) is 14.1 Å². The van der Waals surface area contributed by atoms with Gasteiger partial charge in [0.2, 0.25) is 0 Å². The lowest BCUT2D eigenvalue weighted by Gasteiger charge is -2.02. The number of rotatable bonds is 3. The minimum atomic E-state index is 0.0795. The van der Waals surface area contributed by atoms with Gasteiger partial charge in [0, 0.05) is 24.1 Å². The molecule has 17 heavy (non-hydrogen) atoms. The third kappa shape index (κ3) is 2.02. The number of hydrogen-bond acceptors (Lipinski definition) is 2. The van der Waals surface area contributed by atoms with Crippen LogP contribution in [0.3, 0.4) is 0 Å². The van der Waals surface area contributed by atoms with E-state index in [1.54, 1.807) is 4.57 Å². The first-order valence-electron chi connectivity index (χ1n) is 5.94. The van der Waals surface area contributed by atoms with E-state index in [0.29, 0.717) is 12.6 Å². The minimum absolute atomic E-state index is 0.0795. The average molecular weight is 229 g/mol. The quantitative estimate of drug-likeness (QED) is 0.804. The Labute approximate surface area is 99.5 Å². The van der Waals surface area contributed by atoms with E-state index in [9.17, 15) is 4.79 Å². The molecular formula is C13H15N3O. The van der Waals surface area contributed by atoms with Crippen LogP contribution in [0.2, 0.25) is 0 Å². The van der Waals surface area contributed by atoms with E-state index in [4.69, 9.17) is 0 Å². The van der Waals surface area contributed by atoms with Crippen molar-refractivity contribution in [3.63, 3.8) is 0 Å². The summed E-state index contributed by atoms with van der Waals surface area (Å²) in [5.74, 6) is 0. The van der Waals surface area contributed by atoms with Crippen molar-refractivity contribution >= 4 is 0 Å². The highest BCUT2D eigenvalue weighted by atomic mass is 16.1. The molecule has 0 aromatic carbocycles. The second-order valence-corrected chi connectivity index (χ2v) is 4.62. The Hall–Kier alpha value is -1.84. The molecule has 1 fully saturated rings. The molecule has 1 aliphatic rings. The van der Waals surface area contributed by atoms with E-state index in [0.717, 1.165) is 24.2 Å². The van der Waals surface area contributed by atoms with Crippen LogP contribution >= 0.6 is 0 Å². The molecule has 3 rings (SSSR count). The van der Waals surface area contributed by atoms with Crippen LogP contribution in [0, 0.1) is 6.92 Å². The Bertz CT molecular complexity index is 593. The fourth-order valence-corrected chi connectivity index (χ4v) is 2.04. The van der Waals surface area contributed by atoms with Gasteiger partial charge in [-0.15, -0.1) is 0 Å². The third-order valence-electron chi connectivity index (χ3n) is 3.09. The predicted molar refractivity (Wildman–Crippen MR) is 65.0 cm³/mol. The maximum atomic E-state index is 12.0. The second-order valence-electron chi connectivity index (χ2n) is 4.62. The lowest BCUT2D eigenvalue weighted by molar-refractivity contribution is 0.650. The van der Waals surface area contributed by atoms with Crippen molar-refractivity contribution in [3.05, 3.63) is 52.5 Å². The Balaban J connectivity index is 1.88. The van der Waals surface area contributed by atoms with Gasteiger partial charge in [-0.25, -0.2) is 4.79 Å². The molecule has 0 amide bonds. The van der Waals surface area contributed by atoms with Gasteiger partial charge in [-0.1, -0.05) is 6.07 Å². The first-order chi connectivity index (χ1) is 8.24. The summed E-state index contributed by atoms with van der Waals surface area (Å²) >= 11 is 0. The molecule has 2 heterocycles. The molecular weight excluding hydrogens is 214 g/mol. The van der Waals surface area contributed by atoms with Crippen LogP contribution in [-0.4, -0.2) is 14.1 Å². The Morgan fingerprint density at radius 3 is 2.88 bits per heavy atom. The normalized spacial score (nSPS) is 15.1. The van der Waals surface area contributed by atoms with Crippen LogP contribution in [0.5, 0.6) is 0 Å². The number of hydrogen-bond donors (Lipinski definition) is 0. The molecule has 2 aromatic heterocycles. The van der Waals surface area contributed by atoms with Crippen LogP contribution in [-0.2, 0) is 6.54 Å². The standard InChI is InChI=1S/C13H15N3O/c1-10-3-2-4-11(14-10)9-15-7-8-16(13(15)17)12-5-6-12/h2-4,7-8,12H,5-6,9H2,1H3. The van der Waals surface area contributed by atoms with Crippen molar-refractivity contribution in [2.45, 2.75) is 32.4 Å². The minimum Gasteiger partial charge on any atom is -0.296 e. The highest BCUT2D eigenvalue weighted by molar-refractivity contribution is 5.10. The first kappa shape index (κ1) is 10.3. The number of nitrogens with zero attached hydrogens (tertiary/aromatic N) is 3. The molecule has 0 atom stereocenters. The summed E-state index contributed by atoms with van der Waals surface area (Å²) in [4.78, 5) is 16.4. The molecule has 4 heteroatoms. The molecule has 0 aliphatic heterocycles. The van der Waals surface area contributed by atoms with E-state index < -0.39 is 0 Å². The van der Waals surface area contributed by atoms with Gasteiger partial charge in [0.25, 0.3) is 0 Å². The number of imidazole rings is 1. The maximum Gasteiger partial charge on any atom is 0.328 e. The largest absolute Gasteiger partial charge is 0.328 e. The van der Waals surface area contributed by atoms with E-state index in [1.165, 1.54) is 0 Å². The van der Waals surface area contributed by atoms with Crippen molar-refractivity contribution in [2.75, 3.05) is 0 Å². The van der Waals surface area contributed by atoms with Crippen LogP contribution in [0.1, 0.15) is 30.3 Å². The summed E-state index contributed by atoms with van der Waals surface area (Å²) < 4.78 is 3.55. The summed E-state index contributed by atoms with van der Waals surface area (Å²) in [5, 5.41) is 0. The lowest BCUT2D eigenvalue weighted by atomic mass is 10.3. The summed E-state index contributed by atoms with van der Waals surface area (Å²) in [6.07, 6.45) is 6.00. The van der Waals surface area contributed by atoms with E-state index in [1.807, 2.05) is 42.1 Å². The molecule has 0 radical (unpaired) electrons.